The van der Waals surface area contributed by atoms with Gasteiger partial charge in [0, 0.05) is 13.6 Å². The molecule has 146 valence electrons. The van der Waals surface area contributed by atoms with Crippen LogP contribution in [0.2, 0.25) is 0 Å². The van der Waals surface area contributed by atoms with Gasteiger partial charge >= 0.3 is 0 Å². The molecule has 27 heavy (non-hydrogen) atoms. The molecule has 3 rings (SSSR count). The summed E-state index contributed by atoms with van der Waals surface area (Å²) in [4.78, 5) is 14.2. The zero-order valence-electron chi connectivity index (χ0n) is 15.6. The zero-order chi connectivity index (χ0) is 19.4. The molecule has 0 aliphatic carbocycles. The molecule has 0 bridgehead atoms. The highest BCUT2D eigenvalue weighted by Crippen LogP contribution is 2.23. The third-order valence-electron chi connectivity index (χ3n) is 4.83. The molecule has 1 atom stereocenters. The lowest BCUT2D eigenvalue weighted by molar-refractivity contribution is -0.119. The monoisotopic (exact) mass is 376 g/mol. The number of amides is 1. The Morgan fingerprint density at radius 2 is 2.15 bits per heavy atom. The SMILES string of the molecule is Cc1c(NC(=O)CN2CCCC(O)(COc3ccc(F)cc3)C2)cnn1C. The average Bonchev–Trinajstić information content (AvgIpc) is 2.93. The third kappa shape index (κ3) is 5.05. The highest BCUT2D eigenvalue weighted by atomic mass is 19.1. The molecule has 1 fully saturated rings. The number of likely N-dealkylation sites (tertiary alicyclic amines) is 1. The molecule has 1 aliphatic heterocycles. The van der Waals surface area contributed by atoms with Crippen molar-refractivity contribution in [3.8, 4) is 5.75 Å². The van der Waals surface area contributed by atoms with Crippen LogP contribution in [0, 0.1) is 12.7 Å². The molecule has 1 aromatic carbocycles. The minimum Gasteiger partial charge on any atom is -0.491 e. The standard InChI is InChI=1S/C19H25FN4O3/c1-14-17(10-21-23(14)2)22-18(25)11-24-9-3-8-19(26,12-24)13-27-16-6-4-15(20)5-7-16/h4-7,10,26H,3,8-9,11-13H2,1-2H3,(H,22,25). The maximum atomic E-state index is 13.0. The van der Waals surface area contributed by atoms with Gasteiger partial charge in [-0.3, -0.25) is 14.4 Å². The number of piperidine rings is 1. The van der Waals surface area contributed by atoms with Crippen molar-refractivity contribution in [3.63, 3.8) is 0 Å². The summed E-state index contributed by atoms with van der Waals surface area (Å²) in [5, 5.41) is 17.8. The van der Waals surface area contributed by atoms with Gasteiger partial charge in [0.15, 0.2) is 0 Å². The lowest BCUT2D eigenvalue weighted by Gasteiger charge is -2.38. The van der Waals surface area contributed by atoms with E-state index in [-0.39, 0.29) is 24.9 Å². The Bertz CT molecular complexity index is 793. The van der Waals surface area contributed by atoms with Crippen LogP contribution in [0.5, 0.6) is 5.75 Å². The lowest BCUT2D eigenvalue weighted by Crippen LogP contribution is -2.53. The van der Waals surface area contributed by atoms with E-state index in [9.17, 15) is 14.3 Å². The summed E-state index contributed by atoms with van der Waals surface area (Å²) in [7, 11) is 1.82. The van der Waals surface area contributed by atoms with E-state index in [1.807, 2.05) is 18.9 Å². The molecule has 1 unspecified atom stereocenters. The lowest BCUT2D eigenvalue weighted by atomic mass is 9.93. The molecular formula is C19H25FN4O3. The highest BCUT2D eigenvalue weighted by Gasteiger charge is 2.34. The molecule has 2 N–H and O–H groups in total. The summed E-state index contributed by atoms with van der Waals surface area (Å²) in [6, 6.07) is 5.70. The van der Waals surface area contributed by atoms with E-state index in [2.05, 4.69) is 10.4 Å². The third-order valence-corrected chi connectivity index (χ3v) is 4.83. The highest BCUT2D eigenvalue weighted by molar-refractivity contribution is 5.92. The summed E-state index contributed by atoms with van der Waals surface area (Å²) in [5.74, 6) is 0.0290. The maximum Gasteiger partial charge on any atom is 0.238 e. The molecule has 1 aromatic heterocycles. The topological polar surface area (TPSA) is 79.6 Å². The number of anilines is 1. The molecule has 2 heterocycles. The first-order valence-electron chi connectivity index (χ1n) is 8.96. The van der Waals surface area contributed by atoms with E-state index >= 15 is 0 Å². The van der Waals surface area contributed by atoms with Crippen molar-refractivity contribution in [2.75, 3.05) is 31.6 Å². The summed E-state index contributed by atoms with van der Waals surface area (Å²) in [5.41, 5.74) is 0.526. The van der Waals surface area contributed by atoms with Gasteiger partial charge in [0.05, 0.1) is 24.1 Å². The number of hydrogen-bond acceptors (Lipinski definition) is 5. The second-order valence-electron chi connectivity index (χ2n) is 7.10. The van der Waals surface area contributed by atoms with Crippen molar-refractivity contribution in [1.82, 2.24) is 14.7 Å². The van der Waals surface area contributed by atoms with Gasteiger partial charge < -0.3 is 15.2 Å². The fourth-order valence-corrected chi connectivity index (χ4v) is 3.22. The van der Waals surface area contributed by atoms with Gasteiger partial charge in [0.1, 0.15) is 23.8 Å². The van der Waals surface area contributed by atoms with Gasteiger partial charge in [-0.1, -0.05) is 0 Å². The van der Waals surface area contributed by atoms with E-state index in [1.54, 1.807) is 10.9 Å². The van der Waals surface area contributed by atoms with Gasteiger partial charge in [0.25, 0.3) is 0 Å². The number of benzene rings is 1. The molecule has 0 saturated carbocycles. The van der Waals surface area contributed by atoms with E-state index in [1.165, 1.54) is 24.3 Å². The molecular weight excluding hydrogens is 351 g/mol. The molecule has 1 aliphatic rings. The number of aromatic nitrogens is 2. The fourth-order valence-electron chi connectivity index (χ4n) is 3.22. The van der Waals surface area contributed by atoms with Crippen LogP contribution in [0.3, 0.4) is 0 Å². The summed E-state index contributed by atoms with van der Waals surface area (Å²) >= 11 is 0. The molecule has 1 amide bonds. The van der Waals surface area contributed by atoms with Crippen LogP contribution in [-0.4, -0.2) is 57.5 Å². The quantitative estimate of drug-likeness (QED) is 0.802. The molecule has 1 saturated heterocycles. The Kier molecular flexibility index (Phi) is 5.76. The van der Waals surface area contributed by atoms with Crippen molar-refractivity contribution < 1.29 is 19.0 Å². The van der Waals surface area contributed by atoms with Crippen molar-refractivity contribution >= 4 is 11.6 Å². The van der Waals surface area contributed by atoms with Crippen LogP contribution in [0.25, 0.3) is 0 Å². The molecule has 8 heteroatoms. The molecule has 7 nitrogen and oxygen atoms in total. The average molecular weight is 376 g/mol. The van der Waals surface area contributed by atoms with E-state index in [0.717, 1.165) is 18.7 Å². The minimum atomic E-state index is -1.04. The second kappa shape index (κ2) is 8.06. The Hall–Kier alpha value is -2.45. The number of carbonyl (C=O) groups excluding carboxylic acids is 1. The van der Waals surface area contributed by atoms with Crippen molar-refractivity contribution in [2.24, 2.45) is 7.05 Å². The molecule has 0 spiro atoms. The zero-order valence-corrected chi connectivity index (χ0v) is 15.6. The first-order valence-corrected chi connectivity index (χ1v) is 8.96. The van der Waals surface area contributed by atoms with Crippen molar-refractivity contribution in [1.29, 1.82) is 0 Å². The van der Waals surface area contributed by atoms with E-state index in [0.29, 0.717) is 24.4 Å². The Morgan fingerprint density at radius 1 is 1.41 bits per heavy atom. The number of carbonyl (C=O) groups is 1. The Labute approximate surface area is 157 Å². The van der Waals surface area contributed by atoms with Crippen LogP contribution >= 0.6 is 0 Å². The predicted molar refractivity (Wildman–Crippen MR) is 99.1 cm³/mol. The van der Waals surface area contributed by atoms with E-state index in [4.69, 9.17) is 4.74 Å². The van der Waals surface area contributed by atoms with Crippen LogP contribution in [0.4, 0.5) is 10.1 Å². The smallest absolute Gasteiger partial charge is 0.238 e. The van der Waals surface area contributed by atoms with Crippen LogP contribution in [0.15, 0.2) is 30.5 Å². The number of aryl methyl sites for hydroxylation is 1. The van der Waals surface area contributed by atoms with Crippen molar-refractivity contribution in [3.05, 3.63) is 42.0 Å². The van der Waals surface area contributed by atoms with Crippen LogP contribution in [0.1, 0.15) is 18.5 Å². The summed E-state index contributed by atoms with van der Waals surface area (Å²) in [6.45, 7) is 3.24. The van der Waals surface area contributed by atoms with Crippen LogP contribution < -0.4 is 10.1 Å². The number of nitrogens with zero attached hydrogens (tertiary/aromatic N) is 3. The normalized spacial score (nSPS) is 20.4. The number of rotatable bonds is 6. The number of ether oxygens (including phenoxy) is 1. The minimum absolute atomic E-state index is 0.0957. The van der Waals surface area contributed by atoms with Gasteiger partial charge in [-0.25, -0.2) is 4.39 Å². The summed E-state index contributed by atoms with van der Waals surface area (Å²) < 4.78 is 20.3. The summed E-state index contributed by atoms with van der Waals surface area (Å²) in [6.07, 6.45) is 2.98. The van der Waals surface area contributed by atoms with Crippen LogP contribution in [-0.2, 0) is 11.8 Å². The maximum absolute atomic E-state index is 13.0. The fraction of sp³-hybridized carbons (Fsp3) is 0.474. The van der Waals surface area contributed by atoms with Crippen molar-refractivity contribution in [2.45, 2.75) is 25.4 Å². The molecule has 2 aromatic rings. The predicted octanol–water partition coefficient (Wildman–Crippen LogP) is 1.71. The molecule has 0 radical (unpaired) electrons. The van der Waals surface area contributed by atoms with E-state index < -0.39 is 5.60 Å². The number of β-amino-alcohol motifs (C(OH)–C–C–N with tert-alkyl or cyclic N) is 1. The van der Waals surface area contributed by atoms with Gasteiger partial charge in [-0.05, 0) is 50.6 Å². The number of hydrogen-bond donors (Lipinski definition) is 2. The Morgan fingerprint density at radius 3 is 2.81 bits per heavy atom. The first-order chi connectivity index (χ1) is 12.8. The van der Waals surface area contributed by atoms with Gasteiger partial charge in [-0.2, -0.15) is 5.10 Å². The largest absolute Gasteiger partial charge is 0.491 e. The van der Waals surface area contributed by atoms with Gasteiger partial charge in [-0.15, -0.1) is 0 Å². The van der Waals surface area contributed by atoms with Gasteiger partial charge in [0.2, 0.25) is 5.91 Å². The Balaban J connectivity index is 1.52. The first kappa shape index (κ1) is 19.3. The number of halogens is 1. The number of aliphatic hydroxyl groups is 1. The number of nitrogens with one attached hydrogen (secondary N) is 1. The second-order valence-corrected chi connectivity index (χ2v) is 7.10.